The first-order valence-electron chi connectivity index (χ1n) is 9.94. The van der Waals surface area contributed by atoms with Crippen LogP contribution in [0.15, 0.2) is 11.6 Å². The Bertz CT molecular complexity index is 423. The van der Waals surface area contributed by atoms with Gasteiger partial charge in [0.15, 0.2) is 0 Å². The predicted molar refractivity (Wildman–Crippen MR) is 90.7 cm³/mol. The van der Waals surface area contributed by atoms with E-state index in [0.29, 0.717) is 12.2 Å². The van der Waals surface area contributed by atoms with Crippen LogP contribution in [-0.2, 0) is 4.74 Å². The van der Waals surface area contributed by atoms with Gasteiger partial charge >= 0.3 is 0 Å². The molecule has 3 fully saturated rings. The third kappa shape index (κ3) is 2.89. The molecule has 1 saturated carbocycles. The van der Waals surface area contributed by atoms with Crippen LogP contribution in [0.4, 0.5) is 0 Å². The van der Waals surface area contributed by atoms with Crippen molar-refractivity contribution >= 4 is 0 Å². The average molecular weight is 304 g/mol. The van der Waals surface area contributed by atoms with E-state index in [-0.39, 0.29) is 0 Å². The number of ether oxygens (including phenoxy) is 1. The lowest BCUT2D eigenvalue weighted by Crippen LogP contribution is -2.57. The van der Waals surface area contributed by atoms with Gasteiger partial charge in [0, 0.05) is 11.8 Å². The molecular weight excluding hydrogens is 270 g/mol. The van der Waals surface area contributed by atoms with Gasteiger partial charge < -0.3 is 9.22 Å². The van der Waals surface area contributed by atoms with Crippen molar-refractivity contribution in [1.29, 1.82) is 0 Å². The lowest BCUT2D eigenvalue weighted by atomic mass is 9.69. The zero-order valence-corrected chi connectivity index (χ0v) is 14.4. The second-order valence-corrected chi connectivity index (χ2v) is 8.66. The van der Waals surface area contributed by atoms with Gasteiger partial charge in [-0.1, -0.05) is 24.5 Å². The Kier molecular flexibility index (Phi) is 4.34. The summed E-state index contributed by atoms with van der Waals surface area (Å²) in [7, 11) is 2.49. The van der Waals surface area contributed by atoms with E-state index in [0.717, 1.165) is 11.8 Å². The highest BCUT2D eigenvalue weighted by Crippen LogP contribution is 2.46. The molecule has 2 nitrogen and oxygen atoms in total. The number of piperidine rings is 1. The molecule has 0 aromatic heterocycles. The summed E-state index contributed by atoms with van der Waals surface area (Å²) in [6.45, 7) is 4.02. The molecule has 4 atom stereocenters. The highest BCUT2D eigenvalue weighted by atomic mass is 16.5. The lowest BCUT2D eigenvalue weighted by molar-refractivity contribution is -0.917. The van der Waals surface area contributed by atoms with Crippen LogP contribution in [0.2, 0.25) is 0 Å². The Labute approximate surface area is 136 Å². The van der Waals surface area contributed by atoms with E-state index < -0.39 is 0 Å². The molecule has 22 heavy (non-hydrogen) atoms. The van der Waals surface area contributed by atoms with Gasteiger partial charge in [-0.3, -0.25) is 0 Å². The fourth-order valence-electron chi connectivity index (χ4n) is 5.77. The molecule has 4 aliphatic rings. The molecule has 4 rings (SSSR count). The fraction of sp³-hybridized carbons (Fsp3) is 0.900. The van der Waals surface area contributed by atoms with Crippen molar-refractivity contribution in [3.05, 3.63) is 11.6 Å². The smallest absolute Gasteiger partial charge is 0.113 e. The summed E-state index contributed by atoms with van der Waals surface area (Å²) in [5.41, 5.74) is 1.83. The topological polar surface area (TPSA) is 9.23 Å². The summed E-state index contributed by atoms with van der Waals surface area (Å²) in [5, 5.41) is 0. The normalized spacial score (nSPS) is 41.2. The van der Waals surface area contributed by atoms with Crippen LogP contribution in [0, 0.1) is 11.8 Å². The van der Waals surface area contributed by atoms with Gasteiger partial charge in [-0.2, -0.15) is 0 Å². The lowest BCUT2D eigenvalue weighted by Gasteiger charge is -2.50. The molecule has 2 heterocycles. The third-order valence-corrected chi connectivity index (χ3v) is 6.97. The van der Waals surface area contributed by atoms with Crippen LogP contribution < -0.4 is 0 Å². The van der Waals surface area contributed by atoms with Crippen LogP contribution >= 0.6 is 0 Å². The number of likely N-dealkylation sites (tertiary alicyclic amines) is 1. The molecule has 2 heteroatoms. The van der Waals surface area contributed by atoms with Crippen LogP contribution in [0.25, 0.3) is 0 Å². The van der Waals surface area contributed by atoms with Crippen LogP contribution in [0.3, 0.4) is 0 Å². The number of hydrogen-bond acceptors (Lipinski definition) is 1. The van der Waals surface area contributed by atoms with Gasteiger partial charge in [-0.15, -0.1) is 0 Å². The molecule has 0 bridgehead atoms. The van der Waals surface area contributed by atoms with E-state index >= 15 is 0 Å². The Morgan fingerprint density at radius 3 is 2.59 bits per heavy atom. The number of hydrogen-bond donors (Lipinski definition) is 0. The van der Waals surface area contributed by atoms with Gasteiger partial charge in [0.2, 0.25) is 0 Å². The van der Waals surface area contributed by atoms with Crippen molar-refractivity contribution in [2.45, 2.75) is 76.4 Å². The molecule has 0 unspecified atom stereocenters. The van der Waals surface area contributed by atoms with Crippen LogP contribution in [0.1, 0.15) is 64.2 Å². The third-order valence-electron chi connectivity index (χ3n) is 6.97. The van der Waals surface area contributed by atoms with Gasteiger partial charge in [0.1, 0.15) is 12.6 Å². The van der Waals surface area contributed by atoms with E-state index in [4.69, 9.17) is 4.74 Å². The maximum atomic E-state index is 6.77. The number of likely N-dealkylation sites (N-methyl/N-ethyl adjacent to an activating group) is 1. The van der Waals surface area contributed by atoms with Crippen molar-refractivity contribution in [3.63, 3.8) is 0 Å². The van der Waals surface area contributed by atoms with E-state index in [1.54, 1.807) is 0 Å². The molecule has 2 aliphatic heterocycles. The van der Waals surface area contributed by atoms with Crippen molar-refractivity contribution in [1.82, 2.24) is 0 Å². The monoisotopic (exact) mass is 304 g/mol. The zero-order valence-electron chi connectivity index (χ0n) is 14.4. The molecular formula is C20H34NO+. The number of rotatable bonds is 2. The highest BCUT2D eigenvalue weighted by molar-refractivity contribution is 5.20. The minimum atomic E-state index is 0.508. The van der Waals surface area contributed by atoms with E-state index in [1.165, 1.54) is 88.3 Å². The van der Waals surface area contributed by atoms with Gasteiger partial charge in [-0.25, -0.2) is 0 Å². The fourth-order valence-corrected chi connectivity index (χ4v) is 5.77. The van der Waals surface area contributed by atoms with Crippen LogP contribution in [0.5, 0.6) is 0 Å². The molecule has 0 aromatic carbocycles. The molecule has 0 aromatic rings. The number of fused-ring (bicyclic) bond motifs is 3. The van der Waals surface area contributed by atoms with Gasteiger partial charge in [0.25, 0.3) is 0 Å². The first-order valence-corrected chi connectivity index (χ1v) is 9.94. The SMILES string of the molecule is C[N+]1(C[C@@H]2O[C@@H]3CCCC[C@H]3C3=CCCC[C@@H]32)CCCCC1. The maximum absolute atomic E-state index is 6.77. The first-order chi connectivity index (χ1) is 10.8. The molecule has 2 saturated heterocycles. The molecule has 0 amide bonds. The molecule has 0 spiro atoms. The van der Waals surface area contributed by atoms with Gasteiger partial charge in [-0.05, 0) is 51.4 Å². The average Bonchev–Trinajstić information content (AvgIpc) is 2.55. The number of quaternary nitrogens is 1. The van der Waals surface area contributed by atoms with E-state index in [9.17, 15) is 0 Å². The molecule has 2 aliphatic carbocycles. The van der Waals surface area contributed by atoms with Crippen molar-refractivity contribution < 1.29 is 9.22 Å². The second kappa shape index (κ2) is 6.28. The van der Waals surface area contributed by atoms with Crippen molar-refractivity contribution in [3.8, 4) is 0 Å². The summed E-state index contributed by atoms with van der Waals surface area (Å²) in [6.07, 6.45) is 17.6. The number of allylic oxidation sites excluding steroid dienone is 1. The maximum Gasteiger partial charge on any atom is 0.113 e. The second-order valence-electron chi connectivity index (χ2n) is 8.66. The Hall–Kier alpha value is -0.340. The van der Waals surface area contributed by atoms with E-state index in [2.05, 4.69) is 13.1 Å². The Morgan fingerprint density at radius 2 is 1.73 bits per heavy atom. The minimum absolute atomic E-state index is 0.508. The zero-order chi connectivity index (χ0) is 15.0. The summed E-state index contributed by atoms with van der Waals surface area (Å²) in [6, 6.07) is 0. The standard InChI is InChI=1S/C20H34NO/c1-21(13-7-2-8-14-21)15-20-18-11-4-3-9-16(18)17-10-5-6-12-19(17)22-20/h9,17-20H,2-8,10-15H2,1H3/q+1/t17-,18-,19+,20-/m0/s1. The van der Waals surface area contributed by atoms with Crippen molar-refractivity contribution in [2.75, 3.05) is 26.7 Å². The molecule has 0 N–H and O–H groups in total. The van der Waals surface area contributed by atoms with Crippen molar-refractivity contribution in [2.24, 2.45) is 11.8 Å². The largest absolute Gasteiger partial charge is 0.368 e. The molecule has 0 radical (unpaired) electrons. The summed E-state index contributed by atoms with van der Waals surface area (Å²) in [5.74, 6) is 1.53. The summed E-state index contributed by atoms with van der Waals surface area (Å²) in [4.78, 5) is 0. The predicted octanol–water partition coefficient (Wildman–Crippen LogP) is 4.30. The number of nitrogens with zero attached hydrogens (tertiary/aromatic N) is 1. The minimum Gasteiger partial charge on any atom is -0.368 e. The first kappa shape index (κ1) is 15.2. The quantitative estimate of drug-likeness (QED) is 0.546. The Morgan fingerprint density at radius 1 is 0.955 bits per heavy atom. The summed E-state index contributed by atoms with van der Waals surface area (Å²) >= 11 is 0. The highest BCUT2D eigenvalue weighted by Gasteiger charge is 2.45. The van der Waals surface area contributed by atoms with Gasteiger partial charge in [0.05, 0.1) is 26.2 Å². The van der Waals surface area contributed by atoms with E-state index in [1.807, 2.05) is 5.57 Å². The Balaban J connectivity index is 1.53. The summed E-state index contributed by atoms with van der Waals surface area (Å²) < 4.78 is 8.04. The van der Waals surface area contributed by atoms with Crippen LogP contribution in [-0.4, -0.2) is 43.4 Å². The molecule has 124 valence electrons.